The molecular formula is C11H12N4O2. The van der Waals surface area contributed by atoms with Gasteiger partial charge in [0.15, 0.2) is 0 Å². The Bertz CT molecular complexity index is 496. The molecule has 0 aliphatic carbocycles. The van der Waals surface area contributed by atoms with Crippen LogP contribution >= 0.6 is 0 Å². The summed E-state index contributed by atoms with van der Waals surface area (Å²) in [4.78, 5) is 20.3. The maximum absolute atomic E-state index is 11.6. The molecule has 0 radical (unpaired) electrons. The molecule has 2 rings (SSSR count). The summed E-state index contributed by atoms with van der Waals surface area (Å²) in [6, 6.07) is 7.03. The van der Waals surface area contributed by atoms with Gasteiger partial charge in [-0.2, -0.15) is 5.10 Å². The third-order valence-corrected chi connectivity index (χ3v) is 2.10. The van der Waals surface area contributed by atoms with Crippen molar-refractivity contribution >= 4 is 5.91 Å². The molecule has 0 spiro atoms. The highest BCUT2D eigenvalue weighted by molar-refractivity contribution is 5.93. The number of hydrogen-bond acceptors (Lipinski definition) is 4. The van der Waals surface area contributed by atoms with Gasteiger partial charge in [0.1, 0.15) is 12.7 Å². The molecular weight excluding hydrogens is 220 g/mol. The maximum atomic E-state index is 11.6. The van der Waals surface area contributed by atoms with Crippen LogP contribution in [-0.4, -0.2) is 27.3 Å². The molecule has 0 aliphatic heterocycles. The predicted octanol–water partition coefficient (Wildman–Crippen LogP) is 0.949. The van der Waals surface area contributed by atoms with Crippen molar-refractivity contribution in [2.24, 2.45) is 0 Å². The normalized spacial score (nSPS) is 10.2. The van der Waals surface area contributed by atoms with Crippen LogP contribution in [0.4, 0.5) is 0 Å². The molecule has 1 N–H and O–H groups in total. The molecule has 0 bridgehead atoms. The molecule has 1 heterocycles. The van der Waals surface area contributed by atoms with Crippen LogP contribution < -0.4 is 5.48 Å². The van der Waals surface area contributed by atoms with Crippen molar-refractivity contribution in [2.75, 3.05) is 6.61 Å². The van der Waals surface area contributed by atoms with Crippen LogP contribution in [0.5, 0.6) is 0 Å². The zero-order valence-corrected chi connectivity index (χ0v) is 9.33. The molecule has 0 saturated carbocycles. The van der Waals surface area contributed by atoms with Gasteiger partial charge in [-0.1, -0.05) is 6.07 Å². The Morgan fingerprint density at radius 3 is 3.12 bits per heavy atom. The summed E-state index contributed by atoms with van der Waals surface area (Å²) in [6.45, 7) is 2.22. The number of rotatable bonds is 4. The van der Waals surface area contributed by atoms with Crippen LogP contribution in [0.15, 0.2) is 36.9 Å². The number of nitrogens with zero attached hydrogens (tertiary/aromatic N) is 3. The van der Waals surface area contributed by atoms with Gasteiger partial charge in [0, 0.05) is 5.56 Å². The first-order valence-electron chi connectivity index (χ1n) is 5.18. The van der Waals surface area contributed by atoms with E-state index in [0.717, 1.165) is 5.69 Å². The van der Waals surface area contributed by atoms with Crippen LogP contribution in [0, 0.1) is 0 Å². The van der Waals surface area contributed by atoms with E-state index in [4.69, 9.17) is 4.84 Å². The summed E-state index contributed by atoms with van der Waals surface area (Å²) in [5, 5.41) is 3.99. The number of hydrogen-bond donors (Lipinski definition) is 1. The Hall–Kier alpha value is -2.21. The van der Waals surface area contributed by atoms with E-state index in [1.807, 2.05) is 6.07 Å². The van der Waals surface area contributed by atoms with Crippen LogP contribution in [0.2, 0.25) is 0 Å². The topological polar surface area (TPSA) is 69.0 Å². The molecule has 1 aromatic carbocycles. The number of aromatic nitrogens is 3. The van der Waals surface area contributed by atoms with E-state index in [0.29, 0.717) is 12.2 Å². The molecule has 1 amide bonds. The van der Waals surface area contributed by atoms with Crippen molar-refractivity contribution in [3.63, 3.8) is 0 Å². The first-order valence-corrected chi connectivity index (χ1v) is 5.18. The summed E-state index contributed by atoms with van der Waals surface area (Å²) < 4.78 is 1.58. The molecule has 0 fully saturated rings. The summed E-state index contributed by atoms with van der Waals surface area (Å²) in [5.74, 6) is -0.284. The zero-order valence-electron chi connectivity index (χ0n) is 9.33. The number of hydroxylamine groups is 1. The van der Waals surface area contributed by atoms with Gasteiger partial charge in [-0.25, -0.2) is 15.1 Å². The molecule has 1 aromatic heterocycles. The SMILES string of the molecule is CCONC(=O)c1cccc(-n2cncn2)c1. The van der Waals surface area contributed by atoms with Crippen molar-refractivity contribution in [3.05, 3.63) is 42.5 Å². The quantitative estimate of drug-likeness (QED) is 0.797. The highest BCUT2D eigenvalue weighted by atomic mass is 16.6. The largest absolute Gasteiger partial charge is 0.274 e. The fraction of sp³-hybridized carbons (Fsp3) is 0.182. The minimum atomic E-state index is -0.284. The minimum absolute atomic E-state index is 0.284. The van der Waals surface area contributed by atoms with Gasteiger partial charge in [-0.05, 0) is 25.1 Å². The molecule has 6 nitrogen and oxygen atoms in total. The third kappa shape index (κ3) is 2.67. The number of carbonyl (C=O) groups is 1. The van der Waals surface area contributed by atoms with Crippen LogP contribution in [0.25, 0.3) is 5.69 Å². The average Bonchev–Trinajstić information content (AvgIpc) is 2.90. The van der Waals surface area contributed by atoms with Gasteiger partial charge >= 0.3 is 0 Å². The molecule has 2 aromatic rings. The van der Waals surface area contributed by atoms with Crippen molar-refractivity contribution in [3.8, 4) is 5.69 Å². The summed E-state index contributed by atoms with van der Waals surface area (Å²) in [6.07, 6.45) is 3.01. The molecule has 17 heavy (non-hydrogen) atoms. The lowest BCUT2D eigenvalue weighted by atomic mass is 10.2. The van der Waals surface area contributed by atoms with Gasteiger partial charge in [0.25, 0.3) is 5.91 Å². The standard InChI is InChI=1S/C11H12N4O2/c1-2-17-14-11(16)9-4-3-5-10(6-9)15-8-12-7-13-15/h3-8H,2H2,1H3,(H,14,16). The lowest BCUT2D eigenvalue weighted by Gasteiger charge is -2.05. The monoisotopic (exact) mass is 232 g/mol. The second-order valence-electron chi connectivity index (χ2n) is 3.25. The number of benzene rings is 1. The lowest BCUT2D eigenvalue weighted by molar-refractivity contribution is 0.0364. The van der Waals surface area contributed by atoms with Crippen molar-refractivity contribution < 1.29 is 9.63 Å². The summed E-state index contributed by atoms with van der Waals surface area (Å²) in [7, 11) is 0. The highest BCUT2D eigenvalue weighted by Crippen LogP contribution is 2.08. The summed E-state index contributed by atoms with van der Waals surface area (Å²) >= 11 is 0. The van der Waals surface area contributed by atoms with Gasteiger partial charge in [-0.3, -0.25) is 9.63 Å². The summed E-state index contributed by atoms with van der Waals surface area (Å²) in [5.41, 5.74) is 3.61. The smallest absolute Gasteiger partial charge is 0.274 e. The highest BCUT2D eigenvalue weighted by Gasteiger charge is 2.06. The van der Waals surface area contributed by atoms with Gasteiger partial charge in [0.2, 0.25) is 0 Å². The van der Waals surface area contributed by atoms with Gasteiger partial charge < -0.3 is 0 Å². The van der Waals surface area contributed by atoms with E-state index in [9.17, 15) is 4.79 Å². The van der Waals surface area contributed by atoms with E-state index in [-0.39, 0.29) is 5.91 Å². The molecule has 0 atom stereocenters. The number of nitrogens with one attached hydrogen (secondary N) is 1. The number of amides is 1. The van der Waals surface area contributed by atoms with Crippen LogP contribution in [0.3, 0.4) is 0 Å². The number of carbonyl (C=O) groups excluding carboxylic acids is 1. The first kappa shape index (κ1) is 11.3. The fourth-order valence-corrected chi connectivity index (χ4v) is 1.33. The van der Waals surface area contributed by atoms with E-state index in [1.165, 1.54) is 6.33 Å². The van der Waals surface area contributed by atoms with E-state index >= 15 is 0 Å². The third-order valence-electron chi connectivity index (χ3n) is 2.10. The second kappa shape index (κ2) is 5.22. The first-order chi connectivity index (χ1) is 8.31. The van der Waals surface area contributed by atoms with Crippen LogP contribution in [-0.2, 0) is 4.84 Å². The minimum Gasteiger partial charge on any atom is -0.274 e. The second-order valence-corrected chi connectivity index (χ2v) is 3.25. The Morgan fingerprint density at radius 1 is 1.53 bits per heavy atom. The van der Waals surface area contributed by atoms with Crippen molar-refractivity contribution in [2.45, 2.75) is 6.92 Å². The molecule has 0 saturated heterocycles. The Labute approximate surface area is 98.2 Å². The fourth-order valence-electron chi connectivity index (χ4n) is 1.33. The van der Waals surface area contributed by atoms with Crippen molar-refractivity contribution in [1.82, 2.24) is 20.2 Å². The van der Waals surface area contributed by atoms with E-state index in [2.05, 4.69) is 15.6 Å². The Balaban J connectivity index is 2.20. The Kier molecular flexibility index (Phi) is 3.46. The van der Waals surface area contributed by atoms with Crippen molar-refractivity contribution in [1.29, 1.82) is 0 Å². The van der Waals surface area contributed by atoms with E-state index < -0.39 is 0 Å². The molecule has 6 heteroatoms. The Morgan fingerprint density at radius 2 is 2.41 bits per heavy atom. The molecule has 0 aliphatic rings. The zero-order chi connectivity index (χ0) is 12.1. The molecule has 0 unspecified atom stereocenters. The predicted molar refractivity (Wildman–Crippen MR) is 60.5 cm³/mol. The molecule has 88 valence electrons. The van der Waals surface area contributed by atoms with Gasteiger partial charge in [-0.15, -0.1) is 0 Å². The lowest BCUT2D eigenvalue weighted by Crippen LogP contribution is -2.23. The average molecular weight is 232 g/mol. The van der Waals surface area contributed by atoms with Crippen LogP contribution in [0.1, 0.15) is 17.3 Å². The van der Waals surface area contributed by atoms with Gasteiger partial charge in [0.05, 0.1) is 12.3 Å². The maximum Gasteiger partial charge on any atom is 0.274 e. The van der Waals surface area contributed by atoms with E-state index in [1.54, 1.807) is 36.1 Å².